The van der Waals surface area contributed by atoms with Gasteiger partial charge in [-0.2, -0.15) is 0 Å². The van der Waals surface area contributed by atoms with Gasteiger partial charge in [-0.15, -0.1) is 0 Å². The fourth-order valence-corrected chi connectivity index (χ4v) is 4.06. The van der Waals surface area contributed by atoms with Gasteiger partial charge in [0.05, 0.1) is 15.4 Å². The van der Waals surface area contributed by atoms with Crippen LogP contribution in [-0.2, 0) is 10.0 Å². The van der Waals surface area contributed by atoms with Crippen molar-refractivity contribution in [2.75, 3.05) is 10.0 Å². The van der Waals surface area contributed by atoms with Crippen molar-refractivity contribution in [3.05, 3.63) is 64.2 Å². The Morgan fingerprint density at radius 3 is 2.38 bits per heavy atom. The Morgan fingerprint density at radius 1 is 1.12 bits per heavy atom. The minimum atomic E-state index is -3.84. The maximum atomic E-state index is 12.5. The molecule has 2 N–H and O–H groups in total. The van der Waals surface area contributed by atoms with Gasteiger partial charge in [0.2, 0.25) is 0 Å². The van der Waals surface area contributed by atoms with Crippen molar-refractivity contribution in [2.45, 2.75) is 31.2 Å². The van der Waals surface area contributed by atoms with E-state index in [1.54, 1.807) is 12.1 Å². The normalized spacial score (nSPS) is 15.4. The van der Waals surface area contributed by atoms with E-state index in [0.717, 1.165) is 16.8 Å². The van der Waals surface area contributed by atoms with Crippen LogP contribution in [0.1, 0.15) is 26.3 Å². The van der Waals surface area contributed by atoms with Gasteiger partial charge in [0, 0.05) is 29.1 Å². The molecule has 0 spiro atoms. The van der Waals surface area contributed by atoms with Gasteiger partial charge in [0.1, 0.15) is 0 Å². The molecule has 0 bridgehead atoms. The monoisotopic (exact) mass is 373 g/mol. The molecule has 0 saturated heterocycles. The summed E-state index contributed by atoms with van der Waals surface area (Å²) in [6, 6.07) is 10.1. The zero-order valence-electron chi connectivity index (χ0n) is 14.6. The van der Waals surface area contributed by atoms with Gasteiger partial charge >= 0.3 is 0 Å². The molecule has 0 aliphatic carbocycles. The summed E-state index contributed by atoms with van der Waals surface area (Å²) in [4.78, 5) is 10.1. The zero-order valence-corrected chi connectivity index (χ0v) is 15.4. The maximum Gasteiger partial charge on any atom is 0.269 e. The van der Waals surface area contributed by atoms with Crippen molar-refractivity contribution in [1.29, 1.82) is 0 Å². The third-order valence-corrected chi connectivity index (χ3v) is 5.49. The molecule has 136 valence electrons. The number of nitrogens with zero attached hydrogens (tertiary/aromatic N) is 1. The first kappa shape index (κ1) is 17.9. The molecule has 7 nitrogen and oxygen atoms in total. The standard InChI is InChI=1S/C18H19N3O4S/c1-12-11-18(2,3)19-17-9-4-13(10-16(12)17)20-26(24,25)15-7-5-14(6-8-15)21(22)23/h4-11,19-20H,1-3H3. The van der Waals surface area contributed by atoms with E-state index in [9.17, 15) is 18.5 Å². The third-order valence-electron chi connectivity index (χ3n) is 4.09. The van der Waals surface area contributed by atoms with Crippen LogP contribution >= 0.6 is 0 Å². The summed E-state index contributed by atoms with van der Waals surface area (Å²) in [6.07, 6.45) is 2.09. The molecule has 3 rings (SSSR count). The van der Waals surface area contributed by atoms with Crippen molar-refractivity contribution >= 4 is 32.7 Å². The van der Waals surface area contributed by atoms with Gasteiger partial charge in [0.15, 0.2) is 0 Å². The first-order chi connectivity index (χ1) is 12.1. The SMILES string of the molecule is CC1=CC(C)(C)Nc2ccc(NS(=O)(=O)c3ccc([N+](=O)[O-])cc3)cc21. The van der Waals surface area contributed by atoms with Crippen LogP contribution < -0.4 is 10.0 Å². The van der Waals surface area contributed by atoms with Crippen LogP contribution in [-0.4, -0.2) is 18.9 Å². The number of fused-ring (bicyclic) bond motifs is 1. The lowest BCUT2D eigenvalue weighted by Gasteiger charge is -2.31. The van der Waals surface area contributed by atoms with E-state index in [1.165, 1.54) is 24.3 Å². The summed E-state index contributed by atoms with van der Waals surface area (Å²) in [7, 11) is -3.84. The highest BCUT2D eigenvalue weighted by atomic mass is 32.2. The van der Waals surface area contributed by atoms with Crippen molar-refractivity contribution in [3.8, 4) is 0 Å². The Morgan fingerprint density at radius 2 is 1.77 bits per heavy atom. The number of nitro benzene ring substituents is 1. The number of sulfonamides is 1. The van der Waals surface area contributed by atoms with Crippen LogP contribution in [0.3, 0.4) is 0 Å². The van der Waals surface area contributed by atoms with Crippen molar-refractivity contribution in [3.63, 3.8) is 0 Å². The minimum absolute atomic E-state index is 0.0349. The average Bonchev–Trinajstić information content (AvgIpc) is 2.54. The Kier molecular flexibility index (Phi) is 4.23. The molecule has 0 aromatic heterocycles. The Balaban J connectivity index is 1.89. The summed E-state index contributed by atoms with van der Waals surface area (Å²) >= 11 is 0. The lowest BCUT2D eigenvalue weighted by atomic mass is 9.91. The van der Waals surface area contributed by atoms with Crippen LogP contribution in [0.2, 0.25) is 0 Å². The molecule has 1 heterocycles. The van der Waals surface area contributed by atoms with Gasteiger partial charge in [-0.25, -0.2) is 8.42 Å². The van der Waals surface area contributed by atoms with Gasteiger partial charge in [-0.3, -0.25) is 14.8 Å². The Bertz CT molecular complexity index is 1010. The highest BCUT2D eigenvalue weighted by Gasteiger charge is 2.23. The smallest absolute Gasteiger partial charge is 0.269 e. The first-order valence-electron chi connectivity index (χ1n) is 7.97. The predicted molar refractivity (Wildman–Crippen MR) is 102 cm³/mol. The molecule has 0 amide bonds. The highest BCUT2D eigenvalue weighted by Crippen LogP contribution is 2.35. The van der Waals surface area contributed by atoms with Gasteiger partial charge < -0.3 is 5.32 Å². The molecule has 1 aliphatic rings. The number of non-ortho nitro benzene ring substituents is 1. The number of allylic oxidation sites excluding steroid dienone is 1. The summed E-state index contributed by atoms with van der Waals surface area (Å²) in [6.45, 7) is 6.10. The first-order valence-corrected chi connectivity index (χ1v) is 9.45. The molecule has 26 heavy (non-hydrogen) atoms. The average molecular weight is 373 g/mol. The topological polar surface area (TPSA) is 101 Å². The number of nitrogens with one attached hydrogen (secondary N) is 2. The molecule has 8 heteroatoms. The van der Waals surface area contributed by atoms with Crippen LogP contribution in [0.4, 0.5) is 17.1 Å². The van der Waals surface area contributed by atoms with Crippen LogP contribution in [0, 0.1) is 10.1 Å². The summed E-state index contributed by atoms with van der Waals surface area (Å²) < 4.78 is 27.6. The second-order valence-electron chi connectivity index (χ2n) is 6.79. The largest absolute Gasteiger partial charge is 0.376 e. The molecule has 2 aromatic carbocycles. The number of rotatable bonds is 4. The quantitative estimate of drug-likeness (QED) is 0.623. The summed E-state index contributed by atoms with van der Waals surface area (Å²) in [5.41, 5.74) is 3.02. The Labute approximate surface area is 151 Å². The zero-order chi connectivity index (χ0) is 19.1. The molecular formula is C18H19N3O4S. The maximum absolute atomic E-state index is 12.5. The molecule has 0 saturated carbocycles. The fourth-order valence-electron chi connectivity index (χ4n) is 3.01. The minimum Gasteiger partial charge on any atom is -0.376 e. The molecule has 0 radical (unpaired) electrons. The molecule has 1 aliphatic heterocycles. The predicted octanol–water partition coefficient (Wildman–Crippen LogP) is 4.00. The number of benzene rings is 2. The summed E-state index contributed by atoms with van der Waals surface area (Å²) in [5.74, 6) is 0. The molecule has 0 atom stereocenters. The molecule has 0 fully saturated rings. The third kappa shape index (κ3) is 3.55. The summed E-state index contributed by atoms with van der Waals surface area (Å²) in [5, 5.41) is 14.1. The van der Waals surface area contributed by atoms with Crippen LogP contribution in [0.15, 0.2) is 53.4 Å². The van der Waals surface area contributed by atoms with Gasteiger partial charge in [-0.05, 0) is 56.7 Å². The number of hydrogen-bond donors (Lipinski definition) is 2. The van der Waals surface area contributed by atoms with E-state index in [1.807, 2.05) is 13.0 Å². The lowest BCUT2D eigenvalue weighted by molar-refractivity contribution is -0.384. The number of hydrogen-bond acceptors (Lipinski definition) is 5. The van der Waals surface area contributed by atoms with E-state index < -0.39 is 14.9 Å². The van der Waals surface area contributed by atoms with E-state index in [0.29, 0.717) is 5.69 Å². The van der Waals surface area contributed by atoms with Gasteiger partial charge in [0.25, 0.3) is 15.7 Å². The lowest BCUT2D eigenvalue weighted by Crippen LogP contribution is -2.31. The van der Waals surface area contributed by atoms with Crippen LogP contribution in [0.5, 0.6) is 0 Å². The fraction of sp³-hybridized carbons (Fsp3) is 0.222. The molecule has 0 unspecified atom stereocenters. The second-order valence-corrected chi connectivity index (χ2v) is 8.47. The van der Waals surface area contributed by atoms with Crippen molar-refractivity contribution in [2.24, 2.45) is 0 Å². The molecule has 2 aromatic rings. The second kappa shape index (κ2) is 6.14. The van der Waals surface area contributed by atoms with E-state index in [-0.39, 0.29) is 16.1 Å². The van der Waals surface area contributed by atoms with Crippen molar-refractivity contribution < 1.29 is 13.3 Å². The van der Waals surface area contributed by atoms with Crippen LogP contribution in [0.25, 0.3) is 5.57 Å². The van der Waals surface area contributed by atoms with E-state index in [2.05, 4.69) is 30.0 Å². The van der Waals surface area contributed by atoms with E-state index in [4.69, 9.17) is 0 Å². The highest BCUT2D eigenvalue weighted by molar-refractivity contribution is 7.92. The number of nitro groups is 1. The van der Waals surface area contributed by atoms with E-state index >= 15 is 0 Å². The molecular weight excluding hydrogens is 354 g/mol. The van der Waals surface area contributed by atoms with Gasteiger partial charge in [-0.1, -0.05) is 6.08 Å². The number of anilines is 2. The Hall–Kier alpha value is -2.87. The van der Waals surface area contributed by atoms with Crippen molar-refractivity contribution in [1.82, 2.24) is 0 Å².